The van der Waals surface area contributed by atoms with Crippen LogP contribution in [0.25, 0.3) is 0 Å². The molecule has 0 aliphatic carbocycles. The van der Waals surface area contributed by atoms with Gasteiger partial charge in [-0.3, -0.25) is 0 Å². The topological polar surface area (TPSA) is 30.5 Å². The summed E-state index contributed by atoms with van der Waals surface area (Å²) in [6.45, 7) is 4.77. The highest BCUT2D eigenvalue weighted by molar-refractivity contribution is 9.10. The monoisotopic (exact) mass is 313 g/mol. The van der Waals surface area contributed by atoms with Gasteiger partial charge in [-0.05, 0) is 44.5 Å². The summed E-state index contributed by atoms with van der Waals surface area (Å²) in [5.41, 5.74) is 1.02. The van der Waals surface area contributed by atoms with Gasteiger partial charge in [0.05, 0.1) is 19.3 Å². The van der Waals surface area contributed by atoms with Crippen LogP contribution in [0.15, 0.2) is 22.7 Å². The molecule has 0 radical (unpaired) electrons. The summed E-state index contributed by atoms with van der Waals surface area (Å²) in [6.07, 6.45) is 2.28. The summed E-state index contributed by atoms with van der Waals surface area (Å²) in [6, 6.07) is 5.99. The Morgan fingerprint density at radius 3 is 2.94 bits per heavy atom. The van der Waals surface area contributed by atoms with Crippen LogP contribution in [0.5, 0.6) is 5.75 Å². The molecule has 2 rings (SSSR count). The second-order valence-electron chi connectivity index (χ2n) is 4.98. The highest BCUT2D eigenvalue weighted by atomic mass is 79.9. The van der Waals surface area contributed by atoms with Crippen molar-refractivity contribution in [1.82, 2.24) is 5.32 Å². The van der Waals surface area contributed by atoms with Crippen molar-refractivity contribution in [3.05, 3.63) is 28.2 Å². The lowest BCUT2D eigenvalue weighted by atomic mass is 9.96. The van der Waals surface area contributed by atoms with E-state index in [4.69, 9.17) is 9.47 Å². The van der Waals surface area contributed by atoms with Crippen molar-refractivity contribution in [2.45, 2.75) is 32.0 Å². The van der Waals surface area contributed by atoms with Gasteiger partial charge in [-0.25, -0.2) is 0 Å². The lowest BCUT2D eigenvalue weighted by molar-refractivity contribution is -0.0576. The number of nitrogens with one attached hydrogen (secondary N) is 1. The maximum atomic E-state index is 6.09. The molecule has 1 heterocycles. The predicted octanol–water partition coefficient (Wildman–Crippen LogP) is 3.12. The quantitative estimate of drug-likeness (QED) is 0.926. The van der Waals surface area contributed by atoms with Crippen molar-refractivity contribution < 1.29 is 9.47 Å². The number of benzene rings is 1. The number of hydrogen-bond donors (Lipinski definition) is 1. The molecule has 0 saturated carbocycles. The van der Waals surface area contributed by atoms with Crippen molar-refractivity contribution in [3.63, 3.8) is 0 Å². The highest BCUT2D eigenvalue weighted by Gasteiger charge is 2.27. The van der Waals surface area contributed by atoms with Gasteiger partial charge >= 0.3 is 0 Å². The summed E-state index contributed by atoms with van der Waals surface area (Å²) in [7, 11) is 1.69. The van der Waals surface area contributed by atoms with Gasteiger partial charge in [-0.15, -0.1) is 0 Å². The van der Waals surface area contributed by atoms with E-state index in [0.717, 1.165) is 35.3 Å². The number of ether oxygens (including phenoxy) is 2. The molecule has 18 heavy (non-hydrogen) atoms. The molecule has 0 bridgehead atoms. The van der Waals surface area contributed by atoms with Crippen LogP contribution >= 0.6 is 15.9 Å². The van der Waals surface area contributed by atoms with Crippen molar-refractivity contribution in [1.29, 1.82) is 0 Å². The van der Waals surface area contributed by atoms with E-state index in [1.807, 2.05) is 12.1 Å². The van der Waals surface area contributed by atoms with E-state index in [1.165, 1.54) is 6.42 Å². The van der Waals surface area contributed by atoms with Crippen molar-refractivity contribution in [2.24, 2.45) is 0 Å². The molecular formula is C14H20BrNO2. The van der Waals surface area contributed by atoms with Crippen molar-refractivity contribution in [3.8, 4) is 5.75 Å². The third-order valence-electron chi connectivity index (χ3n) is 3.38. The molecule has 1 aliphatic heterocycles. The normalized spacial score (nSPS) is 23.9. The lowest BCUT2D eigenvalue weighted by Gasteiger charge is -2.34. The molecule has 1 N–H and O–H groups in total. The van der Waals surface area contributed by atoms with E-state index >= 15 is 0 Å². The van der Waals surface area contributed by atoms with Gasteiger partial charge in [0.15, 0.2) is 0 Å². The van der Waals surface area contributed by atoms with E-state index in [2.05, 4.69) is 34.2 Å². The molecule has 0 amide bonds. The molecule has 1 fully saturated rings. The molecule has 1 aromatic rings. The number of halogens is 1. The van der Waals surface area contributed by atoms with Gasteiger partial charge in [0.1, 0.15) is 5.75 Å². The molecule has 1 aromatic carbocycles. The largest absolute Gasteiger partial charge is 0.496 e. The molecule has 3 nitrogen and oxygen atoms in total. The van der Waals surface area contributed by atoms with Crippen molar-refractivity contribution in [2.75, 3.05) is 20.2 Å². The maximum Gasteiger partial charge on any atom is 0.124 e. The van der Waals surface area contributed by atoms with Crippen LogP contribution in [0.1, 0.15) is 25.3 Å². The van der Waals surface area contributed by atoms with Crippen LogP contribution in [-0.2, 0) is 11.3 Å². The number of hydrogen-bond acceptors (Lipinski definition) is 3. The second-order valence-corrected chi connectivity index (χ2v) is 5.89. The Balaban J connectivity index is 2.02. The average molecular weight is 314 g/mol. The maximum absolute atomic E-state index is 6.09. The zero-order valence-electron chi connectivity index (χ0n) is 11.0. The van der Waals surface area contributed by atoms with Crippen LogP contribution in [0.4, 0.5) is 0 Å². The first kappa shape index (κ1) is 13.8. The molecule has 0 aromatic heterocycles. The zero-order chi connectivity index (χ0) is 13.0. The first-order valence-corrected chi connectivity index (χ1v) is 7.09. The fourth-order valence-corrected chi connectivity index (χ4v) is 2.67. The van der Waals surface area contributed by atoms with Crippen LogP contribution < -0.4 is 10.1 Å². The minimum Gasteiger partial charge on any atom is -0.496 e. The fourth-order valence-electron chi connectivity index (χ4n) is 2.26. The summed E-state index contributed by atoms with van der Waals surface area (Å²) in [5.74, 6) is 0.880. The van der Waals surface area contributed by atoms with Gasteiger partial charge < -0.3 is 14.8 Å². The Morgan fingerprint density at radius 1 is 1.44 bits per heavy atom. The van der Waals surface area contributed by atoms with Gasteiger partial charge in [0, 0.05) is 16.6 Å². The summed E-state index contributed by atoms with van der Waals surface area (Å²) in [5, 5.41) is 3.39. The van der Waals surface area contributed by atoms with Gasteiger partial charge in [-0.1, -0.05) is 15.9 Å². The van der Waals surface area contributed by atoms with Crippen LogP contribution in [0.2, 0.25) is 0 Å². The fraction of sp³-hybridized carbons (Fsp3) is 0.571. The van der Waals surface area contributed by atoms with Gasteiger partial charge in [0.2, 0.25) is 0 Å². The third kappa shape index (κ3) is 3.46. The molecule has 4 heteroatoms. The summed E-state index contributed by atoms with van der Waals surface area (Å²) in [4.78, 5) is 0. The lowest BCUT2D eigenvalue weighted by Crippen LogP contribution is -2.45. The standard InChI is InChI=1S/C14H20BrNO2/c1-14(6-3-7-16-10-14)18-9-11-8-12(15)4-5-13(11)17-2/h4-5,8,16H,3,6-7,9-10H2,1-2H3. The Labute approximate surface area is 117 Å². The van der Waals surface area contributed by atoms with E-state index < -0.39 is 0 Å². The molecular weight excluding hydrogens is 294 g/mol. The molecule has 1 saturated heterocycles. The minimum atomic E-state index is -0.0639. The first-order valence-electron chi connectivity index (χ1n) is 6.30. The van der Waals surface area contributed by atoms with Crippen molar-refractivity contribution >= 4 is 15.9 Å². The molecule has 1 atom stereocenters. The van der Waals surface area contributed by atoms with E-state index in [1.54, 1.807) is 7.11 Å². The van der Waals surface area contributed by atoms with E-state index in [0.29, 0.717) is 6.61 Å². The Bertz CT molecular complexity index is 403. The number of methoxy groups -OCH3 is 1. The van der Waals surface area contributed by atoms with E-state index in [9.17, 15) is 0 Å². The summed E-state index contributed by atoms with van der Waals surface area (Å²) >= 11 is 3.48. The molecule has 0 spiro atoms. The molecule has 100 valence electrons. The van der Waals surface area contributed by atoms with Crippen LogP contribution in [0.3, 0.4) is 0 Å². The third-order valence-corrected chi connectivity index (χ3v) is 3.87. The number of rotatable bonds is 4. The van der Waals surface area contributed by atoms with Crippen LogP contribution in [-0.4, -0.2) is 25.8 Å². The van der Waals surface area contributed by atoms with Gasteiger partial charge in [0.25, 0.3) is 0 Å². The Hall–Kier alpha value is -0.580. The first-order chi connectivity index (χ1) is 8.63. The number of piperidine rings is 1. The highest BCUT2D eigenvalue weighted by Crippen LogP contribution is 2.27. The minimum absolute atomic E-state index is 0.0639. The van der Waals surface area contributed by atoms with Gasteiger partial charge in [-0.2, -0.15) is 0 Å². The average Bonchev–Trinajstić information content (AvgIpc) is 2.38. The smallest absolute Gasteiger partial charge is 0.124 e. The Kier molecular flexibility index (Phi) is 4.65. The Morgan fingerprint density at radius 2 is 2.28 bits per heavy atom. The zero-order valence-corrected chi connectivity index (χ0v) is 12.5. The summed E-state index contributed by atoms with van der Waals surface area (Å²) < 4.78 is 12.5. The van der Waals surface area contributed by atoms with Crippen LogP contribution in [0, 0.1) is 0 Å². The molecule has 1 aliphatic rings. The van der Waals surface area contributed by atoms with E-state index in [-0.39, 0.29) is 5.60 Å². The molecule has 1 unspecified atom stereocenters. The predicted molar refractivity (Wildman–Crippen MR) is 76.0 cm³/mol. The SMILES string of the molecule is COc1ccc(Br)cc1COC1(C)CCCNC1. The second kappa shape index (κ2) is 6.04.